The Morgan fingerprint density at radius 1 is 1.06 bits per heavy atom. The SMILES string of the molecule is CC(=O)O[C@@H]1CC[C@]2(C)[C@@H]3CC[C@]4(C)[C@H](CC[C@@H]4[C@H](C)CCCC(C)C)[C@H]3C[C@H](O)[C@@]2(Br)C1. The van der Waals surface area contributed by atoms with Gasteiger partial charge >= 0.3 is 5.97 Å². The van der Waals surface area contributed by atoms with Gasteiger partial charge in [-0.05, 0) is 91.3 Å². The van der Waals surface area contributed by atoms with Crippen molar-refractivity contribution in [2.24, 2.45) is 46.3 Å². The molecule has 0 unspecified atom stereocenters. The van der Waals surface area contributed by atoms with Crippen molar-refractivity contribution in [3.05, 3.63) is 0 Å². The Morgan fingerprint density at radius 3 is 2.45 bits per heavy atom. The van der Waals surface area contributed by atoms with Crippen molar-refractivity contribution in [2.45, 2.75) is 129 Å². The normalized spacial score (nSPS) is 48.0. The minimum absolute atomic E-state index is 0.0638. The molecule has 0 amide bonds. The maximum atomic E-state index is 11.6. The minimum atomic E-state index is -0.369. The Bertz CT molecular complexity index is 724. The van der Waals surface area contributed by atoms with Crippen LogP contribution in [0.2, 0.25) is 0 Å². The Hall–Kier alpha value is -0.0900. The highest BCUT2D eigenvalue weighted by Crippen LogP contribution is 2.70. The Labute approximate surface area is 211 Å². The molecule has 0 aromatic carbocycles. The van der Waals surface area contributed by atoms with E-state index >= 15 is 0 Å². The number of carbonyl (C=O) groups excluding carboxylic acids is 1. The molecule has 3 nitrogen and oxygen atoms in total. The van der Waals surface area contributed by atoms with Gasteiger partial charge in [0.2, 0.25) is 0 Å². The van der Waals surface area contributed by atoms with Crippen LogP contribution in [0.3, 0.4) is 0 Å². The number of hydrogen-bond donors (Lipinski definition) is 1. The van der Waals surface area contributed by atoms with Crippen LogP contribution in [-0.4, -0.2) is 27.6 Å². The lowest BCUT2D eigenvalue weighted by molar-refractivity contribution is -0.170. The molecule has 33 heavy (non-hydrogen) atoms. The summed E-state index contributed by atoms with van der Waals surface area (Å²) >= 11 is 4.11. The van der Waals surface area contributed by atoms with Gasteiger partial charge in [0.05, 0.1) is 10.4 Å². The molecule has 0 spiro atoms. The van der Waals surface area contributed by atoms with Gasteiger partial charge in [-0.15, -0.1) is 0 Å². The van der Waals surface area contributed by atoms with E-state index in [1.54, 1.807) is 0 Å². The van der Waals surface area contributed by atoms with Crippen LogP contribution in [-0.2, 0) is 9.53 Å². The molecule has 4 heteroatoms. The summed E-state index contributed by atoms with van der Waals surface area (Å²) in [7, 11) is 0. The summed E-state index contributed by atoms with van der Waals surface area (Å²) in [5.74, 6) is 4.31. The fourth-order valence-electron chi connectivity index (χ4n) is 9.56. The van der Waals surface area contributed by atoms with Gasteiger partial charge in [-0.2, -0.15) is 0 Å². The quantitative estimate of drug-likeness (QED) is 0.288. The number of aliphatic hydroxyl groups is 1. The van der Waals surface area contributed by atoms with Gasteiger partial charge in [0.1, 0.15) is 6.10 Å². The van der Waals surface area contributed by atoms with Crippen molar-refractivity contribution in [1.82, 2.24) is 0 Å². The van der Waals surface area contributed by atoms with Gasteiger partial charge in [-0.3, -0.25) is 4.79 Å². The van der Waals surface area contributed by atoms with Crippen LogP contribution in [0.5, 0.6) is 0 Å². The summed E-state index contributed by atoms with van der Waals surface area (Å²) in [5.41, 5.74) is 0.504. The number of carbonyl (C=O) groups is 1. The lowest BCUT2D eigenvalue weighted by Crippen LogP contribution is -2.66. The molecule has 4 aliphatic carbocycles. The van der Waals surface area contributed by atoms with Gasteiger partial charge < -0.3 is 9.84 Å². The predicted octanol–water partition coefficient (Wildman–Crippen LogP) is 7.53. The third-order valence-corrected chi connectivity index (χ3v) is 13.0. The van der Waals surface area contributed by atoms with Crippen molar-refractivity contribution in [1.29, 1.82) is 0 Å². The number of rotatable bonds is 6. The fraction of sp³-hybridized carbons (Fsp3) is 0.966. The second-order valence-electron chi connectivity index (χ2n) is 13.4. The molecule has 4 rings (SSSR count). The number of fused-ring (bicyclic) bond motifs is 5. The van der Waals surface area contributed by atoms with Crippen LogP contribution < -0.4 is 0 Å². The molecule has 0 saturated heterocycles. The maximum Gasteiger partial charge on any atom is 0.302 e. The third kappa shape index (κ3) is 4.36. The monoisotopic (exact) mass is 524 g/mol. The lowest BCUT2D eigenvalue weighted by Gasteiger charge is -2.65. The number of ether oxygens (including phenoxy) is 1. The predicted molar refractivity (Wildman–Crippen MR) is 138 cm³/mol. The first-order valence-electron chi connectivity index (χ1n) is 14.0. The number of hydrogen-bond acceptors (Lipinski definition) is 3. The molecule has 4 saturated carbocycles. The topological polar surface area (TPSA) is 46.5 Å². The Morgan fingerprint density at radius 2 is 1.79 bits per heavy atom. The van der Waals surface area contributed by atoms with Gasteiger partial charge in [0.15, 0.2) is 0 Å². The Balaban J connectivity index is 1.51. The smallest absolute Gasteiger partial charge is 0.302 e. The maximum absolute atomic E-state index is 11.6. The summed E-state index contributed by atoms with van der Waals surface area (Å²) in [6, 6.07) is 0. The van der Waals surface area contributed by atoms with Gasteiger partial charge in [-0.1, -0.05) is 69.8 Å². The molecule has 0 radical (unpaired) electrons. The molecular weight excluding hydrogens is 476 g/mol. The molecule has 190 valence electrons. The molecule has 0 aromatic rings. The summed E-state index contributed by atoms with van der Waals surface area (Å²) in [5, 5.41) is 11.6. The molecule has 0 aliphatic heterocycles. The summed E-state index contributed by atoms with van der Waals surface area (Å²) in [4.78, 5) is 11.6. The van der Waals surface area contributed by atoms with Crippen LogP contribution in [0.25, 0.3) is 0 Å². The number of halogens is 1. The van der Waals surface area contributed by atoms with Crippen molar-refractivity contribution >= 4 is 21.9 Å². The highest BCUT2D eigenvalue weighted by Gasteiger charge is 2.67. The lowest BCUT2D eigenvalue weighted by atomic mass is 9.43. The zero-order valence-corrected chi connectivity index (χ0v) is 23.6. The summed E-state index contributed by atoms with van der Waals surface area (Å²) in [6.45, 7) is 13.8. The number of alkyl halides is 1. The van der Waals surface area contributed by atoms with E-state index in [0.29, 0.717) is 17.3 Å². The number of esters is 1. The van der Waals surface area contributed by atoms with E-state index in [4.69, 9.17) is 4.74 Å². The summed E-state index contributed by atoms with van der Waals surface area (Å²) < 4.78 is 5.29. The first kappa shape index (κ1) is 26.0. The molecule has 10 atom stereocenters. The average molecular weight is 526 g/mol. The molecule has 0 bridgehead atoms. The van der Waals surface area contributed by atoms with Crippen molar-refractivity contribution < 1.29 is 14.6 Å². The van der Waals surface area contributed by atoms with Crippen molar-refractivity contribution in [2.75, 3.05) is 0 Å². The van der Waals surface area contributed by atoms with Gasteiger partial charge in [0, 0.05) is 13.3 Å². The Kier molecular flexibility index (Phi) is 7.41. The molecule has 4 fully saturated rings. The van der Waals surface area contributed by atoms with Gasteiger partial charge in [-0.25, -0.2) is 0 Å². The first-order chi connectivity index (χ1) is 15.4. The zero-order valence-electron chi connectivity index (χ0n) is 22.0. The van der Waals surface area contributed by atoms with E-state index in [0.717, 1.165) is 49.4 Å². The van der Waals surface area contributed by atoms with E-state index in [1.807, 2.05) is 0 Å². The van der Waals surface area contributed by atoms with E-state index in [2.05, 4.69) is 50.5 Å². The summed E-state index contributed by atoms with van der Waals surface area (Å²) in [6.07, 6.45) is 12.6. The van der Waals surface area contributed by atoms with Crippen LogP contribution >= 0.6 is 15.9 Å². The minimum Gasteiger partial charge on any atom is -0.463 e. The highest BCUT2D eigenvalue weighted by molar-refractivity contribution is 9.10. The van der Waals surface area contributed by atoms with Crippen LogP contribution in [0.15, 0.2) is 0 Å². The largest absolute Gasteiger partial charge is 0.463 e. The highest BCUT2D eigenvalue weighted by atomic mass is 79.9. The average Bonchev–Trinajstić information content (AvgIpc) is 3.07. The van der Waals surface area contributed by atoms with E-state index in [9.17, 15) is 9.90 Å². The second-order valence-corrected chi connectivity index (χ2v) is 14.8. The van der Waals surface area contributed by atoms with E-state index in [-0.39, 0.29) is 27.9 Å². The molecular formula is C29H49BrO3. The van der Waals surface area contributed by atoms with E-state index < -0.39 is 0 Å². The van der Waals surface area contributed by atoms with Crippen LogP contribution in [0.4, 0.5) is 0 Å². The third-order valence-electron chi connectivity index (χ3n) is 11.3. The van der Waals surface area contributed by atoms with Crippen molar-refractivity contribution in [3.8, 4) is 0 Å². The molecule has 1 N–H and O–H groups in total. The standard InChI is InChI=1S/C29H49BrO3/c1-18(2)8-7-9-19(3)23-10-11-24-22-16-26(32)29(30)17-21(33-20(4)31)12-15-28(29,6)25(22)13-14-27(23,24)5/h18-19,21-26,32H,7-17H2,1-6H3/t19-,21-,22-,23-,24-,25-,26+,27+,28-,29+/m1/s1. The van der Waals surface area contributed by atoms with Crippen LogP contribution in [0, 0.1) is 46.3 Å². The van der Waals surface area contributed by atoms with Gasteiger partial charge in [0.25, 0.3) is 0 Å². The van der Waals surface area contributed by atoms with Crippen LogP contribution in [0.1, 0.15) is 112 Å². The van der Waals surface area contributed by atoms with Crippen molar-refractivity contribution in [3.63, 3.8) is 0 Å². The van der Waals surface area contributed by atoms with E-state index in [1.165, 1.54) is 51.9 Å². The first-order valence-corrected chi connectivity index (χ1v) is 14.8. The molecule has 0 aromatic heterocycles. The fourth-order valence-corrected chi connectivity index (χ4v) is 10.6. The second kappa shape index (κ2) is 9.41. The zero-order chi connectivity index (χ0) is 24.2. The molecule has 4 aliphatic rings. The number of aliphatic hydroxyl groups excluding tert-OH is 1. The molecule has 0 heterocycles.